The first-order chi connectivity index (χ1) is 7.50. The second kappa shape index (κ2) is 5.98. The van der Waals surface area contributed by atoms with Gasteiger partial charge in [-0.3, -0.25) is 0 Å². The van der Waals surface area contributed by atoms with Crippen LogP contribution in [0.25, 0.3) is 0 Å². The summed E-state index contributed by atoms with van der Waals surface area (Å²) in [5, 5.41) is -0.161. The minimum Gasteiger partial charge on any atom is -0.330 e. The Morgan fingerprint density at radius 3 is 2.38 bits per heavy atom. The molecule has 1 unspecified atom stereocenters. The summed E-state index contributed by atoms with van der Waals surface area (Å²) >= 11 is 0. The summed E-state index contributed by atoms with van der Waals surface area (Å²) in [5.41, 5.74) is 5.47. The second-order valence-electron chi connectivity index (χ2n) is 4.75. The van der Waals surface area contributed by atoms with Crippen molar-refractivity contribution in [1.29, 1.82) is 0 Å². The van der Waals surface area contributed by atoms with Crippen molar-refractivity contribution >= 4 is 10.0 Å². The molecular formula is C11H24N2O2S. The Hall–Kier alpha value is -0.130. The van der Waals surface area contributed by atoms with Crippen molar-refractivity contribution < 1.29 is 8.42 Å². The first-order valence-electron chi connectivity index (χ1n) is 6.17. The van der Waals surface area contributed by atoms with Gasteiger partial charge in [0.2, 0.25) is 10.0 Å². The lowest BCUT2D eigenvalue weighted by Crippen LogP contribution is -2.42. The van der Waals surface area contributed by atoms with Crippen molar-refractivity contribution in [3.63, 3.8) is 0 Å². The van der Waals surface area contributed by atoms with E-state index in [9.17, 15) is 8.42 Å². The van der Waals surface area contributed by atoms with E-state index in [1.165, 1.54) is 10.7 Å². The third-order valence-corrected chi connectivity index (χ3v) is 6.06. The molecule has 16 heavy (non-hydrogen) atoms. The van der Waals surface area contributed by atoms with Crippen molar-refractivity contribution in [2.75, 3.05) is 13.6 Å². The van der Waals surface area contributed by atoms with Crippen LogP contribution in [0.5, 0.6) is 0 Å². The molecule has 0 radical (unpaired) electrons. The molecule has 1 rings (SSSR count). The van der Waals surface area contributed by atoms with Crippen molar-refractivity contribution in [3.8, 4) is 0 Å². The van der Waals surface area contributed by atoms with Gasteiger partial charge in [0.15, 0.2) is 0 Å². The molecule has 0 amide bonds. The van der Waals surface area contributed by atoms with Crippen LogP contribution in [0.15, 0.2) is 0 Å². The zero-order valence-electron chi connectivity index (χ0n) is 10.4. The Bertz CT molecular complexity index is 297. The van der Waals surface area contributed by atoms with Crippen molar-refractivity contribution in [2.24, 2.45) is 5.73 Å². The van der Waals surface area contributed by atoms with Gasteiger partial charge in [0.1, 0.15) is 0 Å². The molecule has 0 aromatic carbocycles. The van der Waals surface area contributed by atoms with Crippen molar-refractivity contribution in [3.05, 3.63) is 0 Å². The van der Waals surface area contributed by atoms with E-state index in [4.69, 9.17) is 5.73 Å². The highest BCUT2D eigenvalue weighted by atomic mass is 32.2. The van der Waals surface area contributed by atoms with Crippen LogP contribution in [0, 0.1) is 0 Å². The summed E-state index contributed by atoms with van der Waals surface area (Å²) in [6.45, 7) is 2.46. The van der Waals surface area contributed by atoms with Gasteiger partial charge >= 0.3 is 0 Å². The maximum Gasteiger partial charge on any atom is 0.216 e. The first kappa shape index (κ1) is 13.9. The Morgan fingerprint density at radius 2 is 1.88 bits per heavy atom. The average molecular weight is 248 g/mol. The molecule has 0 bridgehead atoms. The number of hydrogen-bond acceptors (Lipinski definition) is 3. The van der Waals surface area contributed by atoms with Crippen LogP contribution in [0.4, 0.5) is 0 Å². The van der Waals surface area contributed by atoms with Crippen LogP contribution >= 0.6 is 0 Å². The quantitative estimate of drug-likeness (QED) is 0.798. The number of nitrogens with two attached hydrogens (primary N) is 1. The molecule has 0 saturated heterocycles. The van der Waals surface area contributed by atoms with E-state index in [1.807, 2.05) is 6.92 Å². The summed E-state index contributed by atoms with van der Waals surface area (Å²) in [6.07, 6.45) is 5.63. The normalized spacial score (nSPS) is 21.2. The third-order valence-electron chi connectivity index (χ3n) is 3.58. The topological polar surface area (TPSA) is 63.4 Å². The SMILES string of the molecule is CC(CCN)N(C)S(=O)(=O)C1CCCCC1. The summed E-state index contributed by atoms with van der Waals surface area (Å²) in [5.74, 6) is 0. The van der Waals surface area contributed by atoms with Gasteiger partial charge in [0.25, 0.3) is 0 Å². The second-order valence-corrected chi connectivity index (χ2v) is 7.02. The number of hydrogen-bond donors (Lipinski definition) is 1. The fourth-order valence-electron chi connectivity index (χ4n) is 2.27. The molecule has 0 spiro atoms. The maximum atomic E-state index is 12.3. The van der Waals surface area contributed by atoms with Gasteiger partial charge in [-0.25, -0.2) is 12.7 Å². The molecule has 0 aliphatic heterocycles. The monoisotopic (exact) mass is 248 g/mol. The Morgan fingerprint density at radius 1 is 1.31 bits per heavy atom. The highest BCUT2D eigenvalue weighted by Gasteiger charge is 2.32. The van der Waals surface area contributed by atoms with E-state index in [0.717, 1.165) is 32.1 Å². The van der Waals surface area contributed by atoms with Gasteiger partial charge in [-0.1, -0.05) is 19.3 Å². The van der Waals surface area contributed by atoms with Gasteiger partial charge in [-0.15, -0.1) is 0 Å². The minimum atomic E-state index is -3.11. The lowest BCUT2D eigenvalue weighted by Gasteiger charge is -2.30. The number of nitrogens with zero attached hydrogens (tertiary/aromatic N) is 1. The maximum absolute atomic E-state index is 12.3. The molecule has 1 aliphatic rings. The van der Waals surface area contributed by atoms with Gasteiger partial charge < -0.3 is 5.73 Å². The molecule has 0 heterocycles. The fourth-order valence-corrected chi connectivity index (χ4v) is 4.28. The molecule has 0 aromatic rings. The molecule has 4 nitrogen and oxygen atoms in total. The molecule has 1 fully saturated rings. The largest absolute Gasteiger partial charge is 0.330 e. The molecule has 96 valence electrons. The van der Waals surface area contributed by atoms with E-state index in [2.05, 4.69) is 0 Å². The standard InChI is InChI=1S/C11H24N2O2S/c1-10(8-9-12)13(2)16(14,15)11-6-4-3-5-7-11/h10-11H,3-9,12H2,1-2H3. The predicted octanol–water partition coefficient (Wildman–Crippen LogP) is 1.32. The van der Waals surface area contributed by atoms with E-state index in [0.29, 0.717) is 6.54 Å². The molecule has 1 saturated carbocycles. The smallest absolute Gasteiger partial charge is 0.216 e. The summed E-state index contributed by atoms with van der Waals surface area (Å²) < 4.78 is 26.1. The minimum absolute atomic E-state index is 0.0110. The van der Waals surface area contributed by atoms with Crippen LogP contribution in [-0.4, -0.2) is 37.6 Å². The van der Waals surface area contributed by atoms with Crippen molar-refractivity contribution in [1.82, 2.24) is 4.31 Å². The zero-order valence-corrected chi connectivity index (χ0v) is 11.2. The molecule has 0 aromatic heterocycles. The average Bonchev–Trinajstić information content (AvgIpc) is 2.29. The van der Waals surface area contributed by atoms with Gasteiger partial charge in [-0.2, -0.15) is 0 Å². The van der Waals surface area contributed by atoms with Crippen LogP contribution in [-0.2, 0) is 10.0 Å². The Labute approximate surface area is 99.2 Å². The van der Waals surface area contributed by atoms with Crippen LogP contribution in [0.2, 0.25) is 0 Å². The Balaban J connectivity index is 2.67. The number of rotatable bonds is 5. The molecule has 1 atom stereocenters. The Kier molecular flexibility index (Phi) is 5.21. The highest BCUT2D eigenvalue weighted by Crippen LogP contribution is 2.26. The lowest BCUT2D eigenvalue weighted by atomic mass is 10.0. The molecule has 5 heteroatoms. The fraction of sp³-hybridized carbons (Fsp3) is 1.00. The summed E-state index contributed by atoms with van der Waals surface area (Å²) in [6, 6.07) is 0.0110. The van der Waals surface area contributed by atoms with E-state index < -0.39 is 10.0 Å². The summed E-state index contributed by atoms with van der Waals surface area (Å²) in [7, 11) is -1.42. The predicted molar refractivity (Wildman–Crippen MR) is 66.7 cm³/mol. The third kappa shape index (κ3) is 3.18. The molecule has 2 N–H and O–H groups in total. The van der Waals surface area contributed by atoms with E-state index >= 15 is 0 Å². The molecule has 1 aliphatic carbocycles. The lowest BCUT2D eigenvalue weighted by molar-refractivity contribution is 0.358. The first-order valence-corrected chi connectivity index (χ1v) is 7.67. The van der Waals surface area contributed by atoms with E-state index in [-0.39, 0.29) is 11.3 Å². The molecular weight excluding hydrogens is 224 g/mol. The van der Waals surface area contributed by atoms with Crippen LogP contribution < -0.4 is 5.73 Å². The van der Waals surface area contributed by atoms with Gasteiger partial charge in [0, 0.05) is 13.1 Å². The van der Waals surface area contributed by atoms with Crippen molar-refractivity contribution in [2.45, 2.75) is 56.7 Å². The van der Waals surface area contributed by atoms with Crippen LogP contribution in [0.1, 0.15) is 45.4 Å². The number of sulfonamides is 1. The van der Waals surface area contributed by atoms with Crippen LogP contribution in [0.3, 0.4) is 0 Å². The summed E-state index contributed by atoms with van der Waals surface area (Å²) in [4.78, 5) is 0. The van der Waals surface area contributed by atoms with Gasteiger partial charge in [-0.05, 0) is 32.7 Å². The van der Waals surface area contributed by atoms with E-state index in [1.54, 1.807) is 7.05 Å². The highest BCUT2D eigenvalue weighted by molar-refractivity contribution is 7.89. The zero-order chi connectivity index (χ0) is 12.2. The van der Waals surface area contributed by atoms with Gasteiger partial charge in [0.05, 0.1) is 5.25 Å².